The first-order valence-electron chi connectivity index (χ1n) is 6.08. The summed E-state index contributed by atoms with van der Waals surface area (Å²) in [4.78, 5) is 22.0. The molecule has 0 aliphatic rings. The molecular weight excluding hydrogens is 293 g/mol. The Bertz CT molecular complexity index is 763. The first-order valence-corrected chi connectivity index (χ1v) is 6.08. The van der Waals surface area contributed by atoms with Gasteiger partial charge in [-0.3, -0.25) is 10.1 Å². The van der Waals surface area contributed by atoms with Crippen LogP contribution < -0.4 is 11.5 Å². The summed E-state index contributed by atoms with van der Waals surface area (Å²) in [6.07, 6.45) is 0. The number of nitrogens with zero attached hydrogens (tertiary/aromatic N) is 1. The Morgan fingerprint density at radius 2 is 1.82 bits per heavy atom. The van der Waals surface area contributed by atoms with E-state index in [1.807, 2.05) is 0 Å². The lowest BCUT2D eigenvalue weighted by Gasteiger charge is -2.14. The normalized spacial score (nSPS) is 10.3. The van der Waals surface area contributed by atoms with Gasteiger partial charge in [0, 0.05) is 5.56 Å². The fourth-order valence-electron chi connectivity index (χ4n) is 2.13. The molecule has 4 N–H and O–H groups in total. The van der Waals surface area contributed by atoms with Crippen LogP contribution in [0.2, 0.25) is 0 Å². The zero-order valence-electron chi connectivity index (χ0n) is 11.5. The molecule has 0 radical (unpaired) electrons. The van der Waals surface area contributed by atoms with Crippen LogP contribution >= 0.6 is 0 Å². The molecule has 114 valence electrons. The molecule has 0 atom stereocenters. The number of nitro groups is 1. The Labute approximate surface area is 124 Å². The third kappa shape index (κ3) is 2.30. The molecular formula is C14H12FN3O4. The predicted molar refractivity (Wildman–Crippen MR) is 78.7 cm³/mol. The van der Waals surface area contributed by atoms with Crippen molar-refractivity contribution >= 4 is 23.0 Å². The fraction of sp³-hybridized carbons (Fsp3) is 0.0714. The summed E-state index contributed by atoms with van der Waals surface area (Å²) in [6.45, 7) is 0. The van der Waals surface area contributed by atoms with Crippen LogP contribution in [0.5, 0.6) is 0 Å². The predicted octanol–water partition coefficient (Wildman–Crippen LogP) is 2.35. The summed E-state index contributed by atoms with van der Waals surface area (Å²) >= 11 is 0. The minimum absolute atomic E-state index is 0.229. The highest BCUT2D eigenvalue weighted by atomic mass is 19.1. The maximum Gasteiger partial charge on any atom is 0.340 e. The maximum atomic E-state index is 14.6. The number of nitrogen functional groups attached to an aromatic ring is 2. The summed E-state index contributed by atoms with van der Waals surface area (Å²) < 4.78 is 19.1. The van der Waals surface area contributed by atoms with Crippen molar-refractivity contribution in [2.45, 2.75) is 0 Å². The van der Waals surface area contributed by atoms with Gasteiger partial charge in [-0.2, -0.15) is 0 Å². The number of methoxy groups -OCH3 is 1. The average Bonchev–Trinajstić information content (AvgIpc) is 2.50. The first-order chi connectivity index (χ1) is 10.4. The number of benzene rings is 2. The number of anilines is 2. The number of hydrogen-bond donors (Lipinski definition) is 2. The topological polar surface area (TPSA) is 121 Å². The van der Waals surface area contributed by atoms with Crippen LogP contribution in [0, 0.1) is 15.9 Å². The zero-order valence-corrected chi connectivity index (χ0v) is 11.5. The highest BCUT2D eigenvalue weighted by Crippen LogP contribution is 2.42. The lowest BCUT2D eigenvalue weighted by Crippen LogP contribution is -2.14. The number of rotatable bonds is 3. The van der Waals surface area contributed by atoms with Crippen molar-refractivity contribution in [1.29, 1.82) is 0 Å². The van der Waals surface area contributed by atoms with Crippen molar-refractivity contribution in [1.82, 2.24) is 0 Å². The maximum absolute atomic E-state index is 14.6. The highest BCUT2D eigenvalue weighted by molar-refractivity contribution is 6.06. The van der Waals surface area contributed by atoms with Gasteiger partial charge in [0.05, 0.1) is 12.0 Å². The van der Waals surface area contributed by atoms with Crippen LogP contribution in [0.1, 0.15) is 10.4 Å². The molecule has 2 rings (SSSR count). The van der Waals surface area contributed by atoms with Gasteiger partial charge < -0.3 is 16.2 Å². The summed E-state index contributed by atoms with van der Waals surface area (Å²) in [5.74, 6) is -2.08. The highest BCUT2D eigenvalue weighted by Gasteiger charge is 2.32. The molecule has 0 fully saturated rings. The van der Waals surface area contributed by atoms with E-state index in [4.69, 9.17) is 11.5 Å². The summed E-state index contributed by atoms with van der Waals surface area (Å²) in [6, 6.07) is 7.97. The second kappa shape index (κ2) is 5.68. The van der Waals surface area contributed by atoms with E-state index in [0.29, 0.717) is 5.56 Å². The SMILES string of the molecule is COC(=O)c1c(N)c([N+](=O)[O-])c(N)c(F)c1-c1ccccc1. The molecule has 0 aliphatic heterocycles. The van der Waals surface area contributed by atoms with Gasteiger partial charge in [-0.1, -0.05) is 30.3 Å². The van der Waals surface area contributed by atoms with E-state index in [2.05, 4.69) is 4.74 Å². The number of carbonyl (C=O) groups is 1. The minimum Gasteiger partial charge on any atom is -0.465 e. The third-order valence-electron chi connectivity index (χ3n) is 3.12. The van der Waals surface area contributed by atoms with Gasteiger partial charge in [-0.05, 0) is 5.56 Å². The van der Waals surface area contributed by atoms with Gasteiger partial charge in [-0.15, -0.1) is 0 Å². The lowest BCUT2D eigenvalue weighted by atomic mass is 9.95. The monoisotopic (exact) mass is 305 g/mol. The van der Waals surface area contributed by atoms with Crippen molar-refractivity contribution in [2.24, 2.45) is 0 Å². The first kappa shape index (κ1) is 15.2. The van der Waals surface area contributed by atoms with Crippen molar-refractivity contribution in [3.05, 3.63) is 51.8 Å². The fourth-order valence-corrected chi connectivity index (χ4v) is 2.13. The van der Waals surface area contributed by atoms with E-state index >= 15 is 0 Å². The van der Waals surface area contributed by atoms with E-state index in [0.717, 1.165) is 7.11 Å². The van der Waals surface area contributed by atoms with Crippen LogP contribution in [0.3, 0.4) is 0 Å². The molecule has 8 heteroatoms. The summed E-state index contributed by atoms with van der Waals surface area (Å²) in [5, 5.41) is 11.0. The number of halogens is 1. The second-order valence-corrected chi connectivity index (χ2v) is 4.35. The molecule has 0 bridgehead atoms. The van der Waals surface area contributed by atoms with Gasteiger partial charge in [-0.25, -0.2) is 9.18 Å². The lowest BCUT2D eigenvalue weighted by molar-refractivity contribution is -0.383. The van der Waals surface area contributed by atoms with Gasteiger partial charge in [0.15, 0.2) is 5.82 Å². The molecule has 0 aliphatic carbocycles. The van der Waals surface area contributed by atoms with Crippen LogP contribution in [0.15, 0.2) is 30.3 Å². The Morgan fingerprint density at radius 3 is 2.32 bits per heavy atom. The molecule has 22 heavy (non-hydrogen) atoms. The molecule has 0 unspecified atom stereocenters. The van der Waals surface area contributed by atoms with Crippen molar-refractivity contribution < 1.29 is 18.8 Å². The number of nitrogens with two attached hydrogens (primary N) is 2. The van der Waals surface area contributed by atoms with Crippen molar-refractivity contribution in [3.8, 4) is 11.1 Å². The van der Waals surface area contributed by atoms with Crippen LogP contribution in [-0.2, 0) is 4.74 Å². The Morgan fingerprint density at radius 1 is 1.23 bits per heavy atom. The van der Waals surface area contributed by atoms with Gasteiger partial charge in [0.1, 0.15) is 16.9 Å². The van der Waals surface area contributed by atoms with Crippen LogP contribution in [0.4, 0.5) is 21.5 Å². The Balaban J connectivity index is 2.94. The molecule has 0 amide bonds. The van der Waals surface area contributed by atoms with E-state index in [1.165, 1.54) is 12.1 Å². The van der Waals surface area contributed by atoms with Crippen LogP contribution in [0.25, 0.3) is 11.1 Å². The second-order valence-electron chi connectivity index (χ2n) is 4.35. The number of hydrogen-bond acceptors (Lipinski definition) is 6. The molecule has 0 saturated heterocycles. The molecule has 7 nitrogen and oxygen atoms in total. The number of ether oxygens (including phenoxy) is 1. The van der Waals surface area contributed by atoms with Crippen LogP contribution in [-0.4, -0.2) is 18.0 Å². The minimum atomic E-state index is -1.09. The number of nitro benzene ring substituents is 1. The number of carbonyl (C=O) groups excluding carboxylic acids is 1. The smallest absolute Gasteiger partial charge is 0.340 e. The van der Waals surface area contributed by atoms with Gasteiger partial charge in [0.25, 0.3) is 0 Å². The third-order valence-corrected chi connectivity index (χ3v) is 3.12. The molecule has 2 aromatic carbocycles. The Hall–Kier alpha value is -3.16. The summed E-state index contributed by atoms with van der Waals surface area (Å²) in [7, 11) is 1.07. The molecule has 0 spiro atoms. The molecule has 0 heterocycles. The van der Waals surface area contributed by atoms with Gasteiger partial charge >= 0.3 is 11.7 Å². The Kier molecular flexibility index (Phi) is 3.93. The van der Waals surface area contributed by atoms with E-state index < -0.39 is 39.3 Å². The van der Waals surface area contributed by atoms with Gasteiger partial charge in [0.2, 0.25) is 0 Å². The van der Waals surface area contributed by atoms with E-state index in [-0.39, 0.29) is 5.56 Å². The average molecular weight is 305 g/mol. The molecule has 2 aromatic rings. The van der Waals surface area contributed by atoms with Crippen molar-refractivity contribution in [2.75, 3.05) is 18.6 Å². The zero-order chi connectivity index (χ0) is 16.4. The standard InChI is InChI=1S/C14H12FN3O4/c1-22-14(19)9-8(7-5-3-2-4-6-7)10(15)12(17)13(11(9)16)18(20)21/h2-6H,16-17H2,1H3. The van der Waals surface area contributed by atoms with E-state index in [1.54, 1.807) is 18.2 Å². The largest absolute Gasteiger partial charge is 0.465 e. The number of esters is 1. The van der Waals surface area contributed by atoms with Crippen molar-refractivity contribution in [3.63, 3.8) is 0 Å². The summed E-state index contributed by atoms with van der Waals surface area (Å²) in [5.41, 5.74) is 8.70. The quantitative estimate of drug-likeness (QED) is 0.388. The van der Waals surface area contributed by atoms with E-state index in [9.17, 15) is 19.3 Å². The molecule has 0 saturated carbocycles. The molecule has 0 aromatic heterocycles.